The van der Waals surface area contributed by atoms with Crippen LogP contribution in [-0.2, 0) is 23.0 Å². The molecule has 7 heteroatoms. The first kappa shape index (κ1) is 18.1. The second kappa shape index (κ2) is 7.11. The van der Waals surface area contributed by atoms with Crippen molar-refractivity contribution in [1.82, 2.24) is 8.87 Å². The lowest BCUT2D eigenvalue weighted by Crippen LogP contribution is -2.27. The van der Waals surface area contributed by atoms with Gasteiger partial charge in [-0.3, -0.25) is 9.59 Å². The van der Waals surface area contributed by atoms with Gasteiger partial charge in [-0.15, -0.1) is 0 Å². The van der Waals surface area contributed by atoms with Gasteiger partial charge in [0.05, 0.1) is 11.4 Å². The zero-order chi connectivity index (χ0) is 17.9. The van der Waals surface area contributed by atoms with Crippen LogP contribution in [0.2, 0.25) is 0 Å². The fraction of sp³-hybridized carbons (Fsp3) is 0.294. The van der Waals surface area contributed by atoms with Crippen molar-refractivity contribution < 1.29 is 13.2 Å². The fourth-order valence-electron chi connectivity index (χ4n) is 2.17. The molecule has 0 bridgehead atoms. The highest BCUT2D eigenvalue weighted by Crippen LogP contribution is 2.11. The molecule has 0 atom stereocenters. The summed E-state index contributed by atoms with van der Waals surface area (Å²) in [6.45, 7) is 1.81. The number of Topliss-reactive ketones (excluding diaryl/α,β-unsaturated/α-hetero) is 1. The van der Waals surface area contributed by atoms with Gasteiger partial charge in [0.25, 0.3) is 5.56 Å². The molecule has 6 nitrogen and oxygen atoms in total. The first-order valence-electron chi connectivity index (χ1n) is 7.51. The first-order valence-corrected chi connectivity index (χ1v) is 8.95. The lowest BCUT2D eigenvalue weighted by molar-refractivity contribution is 0.0970. The predicted molar refractivity (Wildman–Crippen MR) is 91.7 cm³/mol. The number of ketones is 1. The van der Waals surface area contributed by atoms with E-state index >= 15 is 0 Å². The van der Waals surface area contributed by atoms with Gasteiger partial charge >= 0.3 is 0 Å². The Kier molecular flexibility index (Phi) is 5.36. The molecule has 0 radical (unpaired) electrons. The van der Waals surface area contributed by atoms with Gasteiger partial charge in [0.2, 0.25) is 10.0 Å². The number of rotatable bonds is 6. The van der Waals surface area contributed by atoms with Crippen molar-refractivity contribution in [3.8, 4) is 0 Å². The molecule has 0 saturated carbocycles. The largest absolute Gasteiger partial charge is 0.306 e. The van der Waals surface area contributed by atoms with E-state index in [1.807, 2.05) is 19.1 Å². The minimum absolute atomic E-state index is 0.0266. The van der Waals surface area contributed by atoms with Crippen LogP contribution in [0.1, 0.15) is 22.8 Å². The monoisotopic (exact) mass is 348 g/mol. The molecule has 0 saturated heterocycles. The Bertz CT molecular complexity index is 897. The van der Waals surface area contributed by atoms with E-state index in [0.29, 0.717) is 5.56 Å². The van der Waals surface area contributed by atoms with Crippen LogP contribution < -0.4 is 5.56 Å². The Labute approximate surface area is 141 Å². The highest BCUT2D eigenvalue weighted by Gasteiger charge is 2.19. The molecular weight excluding hydrogens is 328 g/mol. The van der Waals surface area contributed by atoms with Crippen molar-refractivity contribution in [1.29, 1.82) is 0 Å². The van der Waals surface area contributed by atoms with Crippen LogP contribution in [0.4, 0.5) is 0 Å². The van der Waals surface area contributed by atoms with Gasteiger partial charge in [-0.1, -0.05) is 31.2 Å². The highest BCUT2D eigenvalue weighted by molar-refractivity contribution is 7.89. The molecule has 1 aromatic heterocycles. The van der Waals surface area contributed by atoms with Crippen LogP contribution in [0.5, 0.6) is 0 Å². The molecule has 2 rings (SSSR count). The van der Waals surface area contributed by atoms with Crippen molar-refractivity contribution >= 4 is 15.8 Å². The SMILES string of the molecule is CCc1ccc(C(=O)Cn2cc(S(=O)(=O)N(C)C)ccc2=O)cc1. The van der Waals surface area contributed by atoms with E-state index < -0.39 is 15.6 Å². The molecule has 0 spiro atoms. The molecule has 24 heavy (non-hydrogen) atoms. The van der Waals surface area contributed by atoms with Gasteiger partial charge in [-0.25, -0.2) is 12.7 Å². The number of benzene rings is 1. The number of carbonyl (C=O) groups excluding carboxylic acids is 1. The summed E-state index contributed by atoms with van der Waals surface area (Å²) in [6, 6.07) is 9.56. The summed E-state index contributed by atoms with van der Waals surface area (Å²) in [6.07, 6.45) is 2.08. The Morgan fingerprint density at radius 3 is 2.25 bits per heavy atom. The van der Waals surface area contributed by atoms with Crippen LogP contribution in [0.3, 0.4) is 0 Å². The third kappa shape index (κ3) is 3.80. The number of hydrogen-bond donors (Lipinski definition) is 0. The van der Waals surface area contributed by atoms with Crippen molar-refractivity contribution in [2.75, 3.05) is 14.1 Å². The van der Waals surface area contributed by atoms with E-state index in [-0.39, 0.29) is 17.2 Å². The van der Waals surface area contributed by atoms with Crippen molar-refractivity contribution in [2.24, 2.45) is 0 Å². The summed E-state index contributed by atoms with van der Waals surface area (Å²) in [5, 5.41) is 0. The molecule has 0 unspecified atom stereocenters. The van der Waals surface area contributed by atoms with E-state index in [0.717, 1.165) is 26.9 Å². The normalized spacial score (nSPS) is 11.7. The molecule has 0 aliphatic rings. The van der Waals surface area contributed by atoms with Crippen LogP contribution >= 0.6 is 0 Å². The molecule has 0 fully saturated rings. The summed E-state index contributed by atoms with van der Waals surface area (Å²) in [5.41, 5.74) is 1.17. The Morgan fingerprint density at radius 2 is 1.71 bits per heavy atom. The average Bonchev–Trinajstić information content (AvgIpc) is 2.56. The highest BCUT2D eigenvalue weighted by atomic mass is 32.2. The lowest BCUT2D eigenvalue weighted by atomic mass is 10.1. The zero-order valence-corrected chi connectivity index (χ0v) is 14.7. The summed E-state index contributed by atoms with van der Waals surface area (Å²) in [7, 11) is -0.847. The molecule has 1 aromatic carbocycles. The van der Waals surface area contributed by atoms with E-state index in [1.165, 1.54) is 26.4 Å². The van der Waals surface area contributed by atoms with Crippen molar-refractivity contribution in [2.45, 2.75) is 24.8 Å². The van der Waals surface area contributed by atoms with Crippen LogP contribution in [-0.4, -0.2) is 37.2 Å². The average molecular weight is 348 g/mol. The molecule has 1 heterocycles. The predicted octanol–water partition coefficient (Wildman–Crippen LogP) is 1.54. The number of nitrogens with zero attached hydrogens (tertiary/aromatic N) is 2. The molecular formula is C17H20N2O4S. The summed E-state index contributed by atoms with van der Waals surface area (Å²) in [5.74, 6) is -0.251. The zero-order valence-electron chi connectivity index (χ0n) is 13.9. The minimum atomic E-state index is -3.66. The quantitative estimate of drug-likeness (QED) is 0.742. The van der Waals surface area contributed by atoms with Crippen molar-refractivity contribution in [3.63, 3.8) is 0 Å². The molecule has 0 amide bonds. The number of pyridine rings is 1. The maximum atomic E-state index is 12.3. The van der Waals surface area contributed by atoms with Crippen LogP contribution in [0.25, 0.3) is 0 Å². The smallest absolute Gasteiger partial charge is 0.251 e. The van der Waals surface area contributed by atoms with Gasteiger partial charge in [0.15, 0.2) is 5.78 Å². The molecule has 128 valence electrons. The standard InChI is InChI=1S/C17H20N2O4S/c1-4-13-5-7-14(8-6-13)16(20)12-19-11-15(9-10-17(19)21)24(22,23)18(2)3/h5-11H,4,12H2,1-3H3. The van der Waals surface area contributed by atoms with E-state index in [2.05, 4.69) is 0 Å². The summed E-state index contributed by atoms with van der Waals surface area (Å²) < 4.78 is 26.5. The topological polar surface area (TPSA) is 76.5 Å². The third-order valence-electron chi connectivity index (χ3n) is 3.73. The number of hydrogen-bond acceptors (Lipinski definition) is 4. The number of carbonyl (C=O) groups is 1. The van der Waals surface area contributed by atoms with Gasteiger partial charge in [-0.05, 0) is 18.1 Å². The lowest BCUT2D eigenvalue weighted by Gasteiger charge is -2.13. The molecule has 0 aliphatic heterocycles. The van der Waals surface area contributed by atoms with E-state index in [1.54, 1.807) is 12.1 Å². The van der Waals surface area contributed by atoms with E-state index in [4.69, 9.17) is 0 Å². The maximum absolute atomic E-state index is 12.3. The Morgan fingerprint density at radius 1 is 1.08 bits per heavy atom. The molecule has 0 N–H and O–H groups in total. The fourth-order valence-corrected chi connectivity index (χ4v) is 3.09. The van der Waals surface area contributed by atoms with Crippen molar-refractivity contribution in [3.05, 3.63) is 64.1 Å². The number of aryl methyl sites for hydroxylation is 1. The summed E-state index contributed by atoms with van der Waals surface area (Å²) in [4.78, 5) is 24.3. The van der Waals surface area contributed by atoms with Gasteiger partial charge in [0.1, 0.15) is 0 Å². The van der Waals surface area contributed by atoms with Gasteiger partial charge < -0.3 is 4.57 Å². The van der Waals surface area contributed by atoms with Gasteiger partial charge in [0, 0.05) is 31.9 Å². The second-order valence-corrected chi connectivity index (χ2v) is 7.74. The maximum Gasteiger partial charge on any atom is 0.251 e. The molecule has 2 aromatic rings. The third-order valence-corrected chi connectivity index (χ3v) is 5.53. The van der Waals surface area contributed by atoms with Crippen LogP contribution in [0.15, 0.2) is 52.3 Å². The summed E-state index contributed by atoms with van der Waals surface area (Å²) >= 11 is 0. The van der Waals surface area contributed by atoms with Crippen LogP contribution in [0, 0.1) is 0 Å². The number of sulfonamides is 1. The Balaban J connectivity index is 2.32. The van der Waals surface area contributed by atoms with Gasteiger partial charge in [-0.2, -0.15) is 0 Å². The minimum Gasteiger partial charge on any atom is -0.306 e. The second-order valence-electron chi connectivity index (χ2n) is 5.59. The van der Waals surface area contributed by atoms with E-state index in [9.17, 15) is 18.0 Å². The molecule has 0 aliphatic carbocycles. The number of aromatic nitrogens is 1. The first-order chi connectivity index (χ1) is 11.3. The Hall–Kier alpha value is -2.25.